The number of ketones is 1. The summed E-state index contributed by atoms with van der Waals surface area (Å²) in [5.41, 5.74) is 0. The van der Waals surface area contributed by atoms with Crippen molar-refractivity contribution < 1.29 is 4.79 Å². The van der Waals surface area contributed by atoms with Crippen molar-refractivity contribution in [3.63, 3.8) is 0 Å². The molecule has 1 aliphatic carbocycles. The van der Waals surface area contributed by atoms with Crippen LogP contribution in [0.1, 0.15) is 51.4 Å². The van der Waals surface area contributed by atoms with E-state index in [4.69, 9.17) is 0 Å². The third-order valence-electron chi connectivity index (χ3n) is 3.66. The molecule has 2 fully saturated rings. The van der Waals surface area contributed by atoms with Crippen LogP contribution in [-0.4, -0.2) is 18.4 Å². The molecule has 0 spiro atoms. The predicted octanol–water partition coefficient (Wildman–Crippen LogP) is 2.28. The summed E-state index contributed by atoms with van der Waals surface area (Å²) in [6.45, 7) is 1.04. The number of piperidine rings is 1. The summed E-state index contributed by atoms with van der Waals surface area (Å²) in [4.78, 5) is 12.1. The molecule has 2 aliphatic rings. The lowest BCUT2D eigenvalue weighted by Gasteiger charge is -2.28. The van der Waals surface area contributed by atoms with Crippen molar-refractivity contribution in [3.8, 4) is 0 Å². The van der Waals surface area contributed by atoms with Crippen molar-refractivity contribution in [2.24, 2.45) is 5.92 Å². The first-order valence-corrected chi connectivity index (χ1v) is 6.15. The van der Waals surface area contributed by atoms with Gasteiger partial charge in [-0.2, -0.15) is 0 Å². The van der Waals surface area contributed by atoms with Gasteiger partial charge < -0.3 is 5.32 Å². The molecule has 1 N–H and O–H groups in total. The summed E-state index contributed by atoms with van der Waals surface area (Å²) in [6, 6.07) is 0.201. The number of carbonyl (C=O) groups is 1. The fourth-order valence-corrected chi connectivity index (χ4v) is 2.77. The molecule has 1 atom stereocenters. The first kappa shape index (κ1) is 10.2. The molecule has 0 bridgehead atoms. The van der Waals surface area contributed by atoms with Gasteiger partial charge in [-0.05, 0) is 32.2 Å². The first-order valence-electron chi connectivity index (χ1n) is 6.15. The molecular weight excluding hydrogens is 174 g/mol. The molecule has 0 aromatic carbocycles. The highest BCUT2D eigenvalue weighted by atomic mass is 16.1. The van der Waals surface area contributed by atoms with Gasteiger partial charge in [0.05, 0.1) is 6.04 Å². The van der Waals surface area contributed by atoms with Gasteiger partial charge >= 0.3 is 0 Å². The quantitative estimate of drug-likeness (QED) is 0.732. The minimum atomic E-state index is 0.201. The zero-order valence-corrected chi connectivity index (χ0v) is 8.93. The van der Waals surface area contributed by atoms with Crippen LogP contribution in [0.4, 0.5) is 0 Å². The van der Waals surface area contributed by atoms with E-state index in [-0.39, 0.29) is 6.04 Å². The SMILES string of the molecule is O=C(C1CCCCC1)C1CCCCN1. The fourth-order valence-electron chi connectivity index (χ4n) is 2.77. The van der Waals surface area contributed by atoms with E-state index in [1.54, 1.807) is 0 Å². The van der Waals surface area contributed by atoms with E-state index in [9.17, 15) is 4.79 Å². The third kappa shape index (κ3) is 2.35. The second-order valence-electron chi connectivity index (χ2n) is 4.74. The number of hydrogen-bond donors (Lipinski definition) is 1. The highest BCUT2D eigenvalue weighted by Crippen LogP contribution is 2.26. The minimum absolute atomic E-state index is 0.201. The van der Waals surface area contributed by atoms with E-state index >= 15 is 0 Å². The third-order valence-corrected chi connectivity index (χ3v) is 3.66. The van der Waals surface area contributed by atoms with Gasteiger partial charge in [-0.3, -0.25) is 4.79 Å². The monoisotopic (exact) mass is 195 g/mol. The molecule has 80 valence electrons. The number of Topliss-reactive ketones (excluding diaryl/α,β-unsaturated/α-hetero) is 1. The highest BCUT2D eigenvalue weighted by molar-refractivity contribution is 5.86. The smallest absolute Gasteiger partial charge is 0.152 e. The van der Waals surface area contributed by atoms with E-state index in [1.807, 2.05) is 0 Å². The molecule has 0 aromatic heterocycles. The van der Waals surface area contributed by atoms with Crippen molar-refractivity contribution in [1.82, 2.24) is 5.32 Å². The number of nitrogens with one attached hydrogen (secondary N) is 1. The van der Waals surface area contributed by atoms with Crippen LogP contribution in [0.2, 0.25) is 0 Å². The Morgan fingerprint density at radius 3 is 2.29 bits per heavy atom. The molecule has 1 heterocycles. The van der Waals surface area contributed by atoms with E-state index in [1.165, 1.54) is 32.1 Å². The van der Waals surface area contributed by atoms with Crippen LogP contribution < -0.4 is 5.32 Å². The number of hydrogen-bond acceptors (Lipinski definition) is 2. The summed E-state index contributed by atoms with van der Waals surface area (Å²) in [7, 11) is 0. The van der Waals surface area contributed by atoms with Gasteiger partial charge in [0.2, 0.25) is 0 Å². The van der Waals surface area contributed by atoms with Gasteiger partial charge in [0, 0.05) is 5.92 Å². The van der Waals surface area contributed by atoms with Crippen molar-refractivity contribution in [2.45, 2.75) is 57.4 Å². The maximum absolute atomic E-state index is 12.1. The molecule has 1 saturated heterocycles. The Labute approximate surface area is 86.5 Å². The Morgan fingerprint density at radius 2 is 1.64 bits per heavy atom. The topological polar surface area (TPSA) is 29.1 Å². The van der Waals surface area contributed by atoms with Crippen LogP contribution in [0.5, 0.6) is 0 Å². The maximum Gasteiger partial charge on any atom is 0.152 e. The molecule has 2 rings (SSSR count). The second kappa shape index (κ2) is 4.92. The average molecular weight is 195 g/mol. The average Bonchev–Trinajstić information content (AvgIpc) is 2.30. The number of carbonyl (C=O) groups excluding carboxylic acids is 1. The van der Waals surface area contributed by atoms with E-state index in [0.29, 0.717) is 11.7 Å². The zero-order valence-electron chi connectivity index (χ0n) is 8.93. The highest BCUT2D eigenvalue weighted by Gasteiger charge is 2.28. The Bertz CT molecular complexity index is 170. The lowest BCUT2D eigenvalue weighted by Crippen LogP contribution is -2.43. The van der Waals surface area contributed by atoms with Gasteiger partial charge in [-0.15, -0.1) is 0 Å². The number of rotatable bonds is 2. The molecule has 1 saturated carbocycles. The van der Waals surface area contributed by atoms with Crippen molar-refractivity contribution in [3.05, 3.63) is 0 Å². The van der Waals surface area contributed by atoms with Crippen molar-refractivity contribution in [2.75, 3.05) is 6.54 Å². The molecule has 0 aromatic rings. The van der Waals surface area contributed by atoms with Gasteiger partial charge in [0.15, 0.2) is 5.78 Å². The fraction of sp³-hybridized carbons (Fsp3) is 0.917. The lowest BCUT2D eigenvalue weighted by atomic mass is 9.82. The van der Waals surface area contributed by atoms with Gasteiger partial charge in [0.25, 0.3) is 0 Å². The largest absolute Gasteiger partial charge is 0.307 e. The van der Waals surface area contributed by atoms with Gasteiger partial charge in [-0.25, -0.2) is 0 Å². The van der Waals surface area contributed by atoms with Crippen LogP contribution in [0, 0.1) is 5.92 Å². The Kier molecular flexibility index (Phi) is 3.57. The van der Waals surface area contributed by atoms with Crippen LogP contribution in [-0.2, 0) is 4.79 Å². The Balaban J connectivity index is 1.85. The lowest BCUT2D eigenvalue weighted by molar-refractivity contribution is -0.126. The van der Waals surface area contributed by atoms with Gasteiger partial charge in [0.1, 0.15) is 0 Å². The van der Waals surface area contributed by atoms with Crippen LogP contribution >= 0.6 is 0 Å². The molecule has 0 amide bonds. The van der Waals surface area contributed by atoms with Crippen molar-refractivity contribution in [1.29, 1.82) is 0 Å². The summed E-state index contributed by atoms with van der Waals surface area (Å²) in [6.07, 6.45) is 9.72. The Hall–Kier alpha value is -0.370. The molecule has 0 radical (unpaired) electrons. The predicted molar refractivity (Wildman–Crippen MR) is 57.2 cm³/mol. The molecule has 2 nitrogen and oxygen atoms in total. The van der Waals surface area contributed by atoms with Crippen LogP contribution in [0.25, 0.3) is 0 Å². The summed E-state index contributed by atoms with van der Waals surface area (Å²) < 4.78 is 0. The molecule has 14 heavy (non-hydrogen) atoms. The molecule has 2 heteroatoms. The van der Waals surface area contributed by atoms with Gasteiger partial charge in [-0.1, -0.05) is 25.7 Å². The second-order valence-corrected chi connectivity index (χ2v) is 4.74. The maximum atomic E-state index is 12.1. The summed E-state index contributed by atoms with van der Waals surface area (Å²) >= 11 is 0. The van der Waals surface area contributed by atoms with E-state index < -0.39 is 0 Å². The first-order chi connectivity index (χ1) is 6.88. The Morgan fingerprint density at radius 1 is 0.929 bits per heavy atom. The zero-order chi connectivity index (χ0) is 9.80. The molecule has 1 unspecified atom stereocenters. The van der Waals surface area contributed by atoms with Crippen LogP contribution in [0.15, 0.2) is 0 Å². The van der Waals surface area contributed by atoms with E-state index in [0.717, 1.165) is 25.8 Å². The standard InChI is InChI=1S/C12H21NO/c14-12(10-6-2-1-3-7-10)11-8-4-5-9-13-11/h10-11,13H,1-9H2. The summed E-state index contributed by atoms with van der Waals surface area (Å²) in [5.74, 6) is 0.906. The normalized spacial score (nSPS) is 30.1. The molecular formula is C12H21NO. The van der Waals surface area contributed by atoms with Crippen molar-refractivity contribution >= 4 is 5.78 Å². The van der Waals surface area contributed by atoms with E-state index in [2.05, 4.69) is 5.32 Å². The minimum Gasteiger partial charge on any atom is -0.307 e. The molecule has 1 aliphatic heterocycles. The van der Waals surface area contributed by atoms with Crippen LogP contribution in [0.3, 0.4) is 0 Å². The summed E-state index contributed by atoms with van der Waals surface area (Å²) in [5, 5.41) is 3.37.